The van der Waals surface area contributed by atoms with Crippen LogP contribution in [0.1, 0.15) is 58.9 Å². The zero-order valence-corrected chi connectivity index (χ0v) is 27.1. The molecule has 1 aromatic carbocycles. The number of anilines is 1. The lowest BCUT2D eigenvalue weighted by Gasteiger charge is -2.28. The fraction of sp³-hybridized carbons (Fsp3) is 0.600. The number of carbonyl (C=O) groups is 5. The van der Waals surface area contributed by atoms with E-state index < -0.39 is 66.4 Å². The summed E-state index contributed by atoms with van der Waals surface area (Å²) in [4.78, 5) is 68.9. The Bertz CT molecular complexity index is 1190. The first-order valence-corrected chi connectivity index (χ1v) is 15.3. The molecule has 0 heterocycles. The standard InChI is InChI=1S/C30H52N10O6/c1-16(2)12-22(27(44)37-21(25(33)42)6-5-11-36-30(34)35)39-28(45)23(13-17(3)4)40-29(46)24(38-26(43)20(32)15-41)14-18-7-9-19(31)10-8-18/h7-10,16-17,20-24,41H,5-6,11-15,31-32H2,1-4H3,(H2,33,42)(H,37,44)(H,38,43)(H,39,45)(H,40,46)(H4,34,35,36)/t20-,21-,22-,23-,24-/m0/s1. The van der Waals surface area contributed by atoms with Gasteiger partial charge in [0.25, 0.3) is 0 Å². The molecule has 0 saturated heterocycles. The minimum atomic E-state index is -1.26. The number of carbonyl (C=O) groups excluding carboxylic acids is 5. The number of amides is 5. The van der Waals surface area contributed by atoms with Gasteiger partial charge in [-0.25, -0.2) is 0 Å². The summed E-state index contributed by atoms with van der Waals surface area (Å²) in [7, 11) is 0. The number of hydrogen-bond acceptors (Lipinski definition) is 9. The Morgan fingerprint density at radius 1 is 0.739 bits per heavy atom. The van der Waals surface area contributed by atoms with E-state index in [0.717, 1.165) is 0 Å². The van der Waals surface area contributed by atoms with Crippen LogP contribution >= 0.6 is 0 Å². The van der Waals surface area contributed by atoms with Gasteiger partial charge in [-0.05, 0) is 55.2 Å². The highest BCUT2D eigenvalue weighted by Crippen LogP contribution is 2.12. The molecule has 46 heavy (non-hydrogen) atoms. The van der Waals surface area contributed by atoms with E-state index in [4.69, 9.17) is 28.7 Å². The number of primary amides is 1. The lowest BCUT2D eigenvalue weighted by Crippen LogP contribution is -2.59. The van der Waals surface area contributed by atoms with Crippen molar-refractivity contribution in [2.75, 3.05) is 18.9 Å². The lowest BCUT2D eigenvalue weighted by molar-refractivity contribution is -0.135. The average molecular weight is 649 g/mol. The van der Waals surface area contributed by atoms with Crippen molar-refractivity contribution >= 4 is 41.2 Å². The van der Waals surface area contributed by atoms with Crippen LogP contribution < -0.4 is 49.9 Å². The van der Waals surface area contributed by atoms with Crippen LogP contribution in [0.4, 0.5) is 5.69 Å². The molecule has 0 fully saturated rings. The number of aliphatic imine (C=N–C) groups is 1. The van der Waals surface area contributed by atoms with E-state index in [9.17, 15) is 29.1 Å². The van der Waals surface area contributed by atoms with Gasteiger partial charge in [0.1, 0.15) is 30.2 Å². The molecular weight excluding hydrogens is 596 g/mol. The number of nitrogens with two attached hydrogens (primary N) is 5. The highest BCUT2D eigenvalue weighted by Gasteiger charge is 2.32. The molecule has 5 atom stereocenters. The first kappa shape index (κ1) is 39.6. The van der Waals surface area contributed by atoms with Gasteiger partial charge in [-0.2, -0.15) is 0 Å². The molecule has 0 aliphatic heterocycles. The number of benzene rings is 1. The molecule has 5 amide bonds. The van der Waals surface area contributed by atoms with Crippen molar-refractivity contribution in [1.82, 2.24) is 21.3 Å². The summed E-state index contributed by atoms with van der Waals surface area (Å²) in [5.41, 5.74) is 28.8. The summed E-state index contributed by atoms with van der Waals surface area (Å²) in [5.74, 6) is -3.61. The number of aliphatic hydroxyl groups excluding tert-OH is 1. The van der Waals surface area contributed by atoms with Gasteiger partial charge in [0.15, 0.2) is 5.96 Å². The second kappa shape index (κ2) is 19.8. The summed E-state index contributed by atoms with van der Waals surface area (Å²) >= 11 is 0. The second-order valence-corrected chi connectivity index (χ2v) is 12.1. The van der Waals surface area contributed by atoms with Gasteiger partial charge in [0, 0.05) is 18.7 Å². The van der Waals surface area contributed by atoms with E-state index in [1.807, 2.05) is 27.7 Å². The molecule has 15 N–H and O–H groups in total. The van der Waals surface area contributed by atoms with Gasteiger partial charge in [-0.1, -0.05) is 39.8 Å². The van der Waals surface area contributed by atoms with Gasteiger partial charge in [-0.15, -0.1) is 0 Å². The normalized spacial score (nSPS) is 14.3. The zero-order valence-electron chi connectivity index (χ0n) is 27.1. The summed E-state index contributed by atoms with van der Waals surface area (Å²) in [6, 6.07) is 1.11. The fourth-order valence-electron chi connectivity index (χ4n) is 4.47. The van der Waals surface area contributed by atoms with Crippen LogP contribution in [0, 0.1) is 11.8 Å². The van der Waals surface area contributed by atoms with Crippen molar-refractivity contribution in [3.8, 4) is 0 Å². The SMILES string of the molecule is CC(C)C[C@H](NC(=O)[C@H](CC(C)C)NC(=O)[C@H](Cc1ccc(N)cc1)NC(=O)[C@@H](N)CO)C(=O)N[C@@H](CCCN=C(N)N)C(N)=O. The third-order valence-electron chi connectivity index (χ3n) is 6.87. The third-order valence-corrected chi connectivity index (χ3v) is 6.87. The number of nitrogens with zero attached hydrogens (tertiary/aromatic N) is 1. The van der Waals surface area contributed by atoms with Gasteiger partial charge < -0.3 is 55.0 Å². The Kier molecular flexibility index (Phi) is 17.1. The maximum Gasteiger partial charge on any atom is 0.243 e. The molecule has 0 unspecified atom stereocenters. The van der Waals surface area contributed by atoms with Gasteiger partial charge in [-0.3, -0.25) is 29.0 Å². The molecule has 0 saturated carbocycles. The Labute approximate surface area is 270 Å². The minimum absolute atomic E-state index is 0.0293. The third kappa shape index (κ3) is 15.0. The highest BCUT2D eigenvalue weighted by molar-refractivity contribution is 5.95. The van der Waals surface area contributed by atoms with E-state index in [1.54, 1.807) is 24.3 Å². The number of guanidine groups is 1. The lowest BCUT2D eigenvalue weighted by atomic mass is 9.98. The van der Waals surface area contributed by atoms with E-state index in [2.05, 4.69) is 26.3 Å². The number of aliphatic hydroxyl groups is 1. The number of nitrogens with one attached hydrogen (secondary N) is 4. The average Bonchev–Trinajstić information content (AvgIpc) is 2.97. The number of nitrogen functional groups attached to an aromatic ring is 1. The van der Waals surface area contributed by atoms with Gasteiger partial charge >= 0.3 is 0 Å². The largest absolute Gasteiger partial charge is 0.399 e. The van der Waals surface area contributed by atoms with Crippen molar-refractivity contribution in [3.05, 3.63) is 29.8 Å². The molecule has 0 radical (unpaired) electrons. The molecule has 0 aromatic heterocycles. The van der Waals surface area contributed by atoms with Crippen molar-refractivity contribution in [2.24, 2.45) is 39.8 Å². The van der Waals surface area contributed by atoms with E-state index in [-0.39, 0.29) is 50.0 Å². The topological polar surface area (TPSA) is 296 Å². The van der Waals surface area contributed by atoms with Crippen LogP contribution in [-0.4, -0.2) is 84.0 Å². The molecular formula is C30H52N10O6. The van der Waals surface area contributed by atoms with Gasteiger partial charge in [0.05, 0.1) is 6.61 Å². The van der Waals surface area contributed by atoms with Crippen molar-refractivity contribution in [2.45, 2.75) is 90.0 Å². The summed E-state index contributed by atoms with van der Waals surface area (Å²) < 4.78 is 0. The highest BCUT2D eigenvalue weighted by atomic mass is 16.3. The Morgan fingerprint density at radius 3 is 1.63 bits per heavy atom. The molecule has 16 nitrogen and oxygen atoms in total. The predicted molar refractivity (Wildman–Crippen MR) is 175 cm³/mol. The quantitative estimate of drug-likeness (QED) is 0.0312. The maximum absolute atomic E-state index is 13.6. The Hall–Kier alpha value is -4.44. The first-order valence-electron chi connectivity index (χ1n) is 15.3. The van der Waals surface area contributed by atoms with Crippen LogP contribution in [0.25, 0.3) is 0 Å². The molecule has 1 rings (SSSR count). The molecule has 258 valence electrons. The second-order valence-electron chi connectivity index (χ2n) is 12.1. The van der Waals surface area contributed by atoms with Crippen LogP contribution in [0.15, 0.2) is 29.3 Å². The molecule has 1 aromatic rings. The molecule has 0 spiro atoms. The van der Waals surface area contributed by atoms with Crippen molar-refractivity contribution in [1.29, 1.82) is 0 Å². The summed E-state index contributed by atoms with van der Waals surface area (Å²) in [6.07, 6.45) is 1.03. The van der Waals surface area contributed by atoms with Crippen molar-refractivity contribution in [3.63, 3.8) is 0 Å². The Balaban J connectivity index is 3.18. The molecule has 0 aliphatic carbocycles. The van der Waals surface area contributed by atoms with Crippen LogP contribution in [-0.2, 0) is 30.4 Å². The zero-order chi connectivity index (χ0) is 35.0. The number of hydrogen-bond donors (Lipinski definition) is 10. The van der Waals surface area contributed by atoms with Crippen LogP contribution in [0.5, 0.6) is 0 Å². The van der Waals surface area contributed by atoms with Crippen molar-refractivity contribution < 1.29 is 29.1 Å². The smallest absolute Gasteiger partial charge is 0.243 e. The maximum atomic E-state index is 13.6. The van der Waals surface area contributed by atoms with E-state index >= 15 is 0 Å². The molecule has 16 heteroatoms. The fourth-order valence-corrected chi connectivity index (χ4v) is 4.47. The van der Waals surface area contributed by atoms with E-state index in [1.165, 1.54) is 0 Å². The summed E-state index contributed by atoms with van der Waals surface area (Å²) in [6.45, 7) is 7.05. The van der Waals surface area contributed by atoms with Crippen LogP contribution in [0.2, 0.25) is 0 Å². The van der Waals surface area contributed by atoms with E-state index in [0.29, 0.717) is 17.7 Å². The molecule has 0 aliphatic rings. The molecule has 0 bridgehead atoms. The predicted octanol–water partition coefficient (Wildman–Crippen LogP) is -2.30. The number of rotatable bonds is 20. The summed E-state index contributed by atoms with van der Waals surface area (Å²) in [5, 5.41) is 19.9. The van der Waals surface area contributed by atoms with Crippen LogP contribution in [0.3, 0.4) is 0 Å². The monoisotopic (exact) mass is 648 g/mol. The Morgan fingerprint density at radius 2 is 1.20 bits per heavy atom. The first-order chi connectivity index (χ1) is 21.5. The van der Waals surface area contributed by atoms with Gasteiger partial charge in [0.2, 0.25) is 29.5 Å². The minimum Gasteiger partial charge on any atom is -0.399 e.